The summed E-state index contributed by atoms with van der Waals surface area (Å²) in [6.45, 7) is 7.94. The minimum Gasteiger partial charge on any atom is -0.340 e. The van der Waals surface area contributed by atoms with Crippen LogP contribution in [-0.2, 0) is 4.79 Å². The number of rotatable bonds is 2. The number of hydrogen-bond acceptors (Lipinski definition) is 3. The predicted molar refractivity (Wildman–Crippen MR) is 59.6 cm³/mol. The molecule has 0 aromatic rings. The van der Waals surface area contributed by atoms with Gasteiger partial charge in [0.2, 0.25) is 5.91 Å². The van der Waals surface area contributed by atoms with E-state index >= 15 is 0 Å². The van der Waals surface area contributed by atoms with Gasteiger partial charge >= 0.3 is 0 Å². The average Bonchev–Trinajstić information content (AvgIpc) is 2.15. The van der Waals surface area contributed by atoms with Crippen molar-refractivity contribution in [1.82, 2.24) is 15.1 Å². The van der Waals surface area contributed by atoms with E-state index < -0.39 is 0 Å². The zero-order chi connectivity index (χ0) is 10.8. The molecule has 2 fully saturated rings. The number of amides is 1. The van der Waals surface area contributed by atoms with Gasteiger partial charge in [-0.1, -0.05) is 6.92 Å². The second-order valence-corrected chi connectivity index (χ2v) is 4.84. The monoisotopic (exact) mass is 211 g/mol. The number of nitrogens with one attached hydrogen (secondary N) is 1. The van der Waals surface area contributed by atoms with E-state index in [4.69, 9.17) is 0 Å². The third-order valence-electron chi connectivity index (χ3n) is 3.72. The lowest BCUT2D eigenvalue weighted by atomic mass is 9.88. The Balaban J connectivity index is 1.84. The molecule has 0 bridgehead atoms. The molecule has 0 radical (unpaired) electrons. The second-order valence-electron chi connectivity index (χ2n) is 4.84. The molecule has 0 aromatic heterocycles. The van der Waals surface area contributed by atoms with Crippen molar-refractivity contribution in [2.45, 2.75) is 6.92 Å². The van der Waals surface area contributed by atoms with Crippen molar-refractivity contribution in [2.24, 2.45) is 11.8 Å². The van der Waals surface area contributed by atoms with E-state index in [0.717, 1.165) is 39.3 Å². The van der Waals surface area contributed by atoms with E-state index in [-0.39, 0.29) is 5.92 Å². The number of carbonyl (C=O) groups excluding carboxylic acids is 1. The lowest BCUT2D eigenvalue weighted by Crippen LogP contribution is -2.54. The molecule has 15 heavy (non-hydrogen) atoms. The quantitative estimate of drug-likeness (QED) is 0.676. The minimum absolute atomic E-state index is 0.203. The first-order chi connectivity index (χ1) is 7.18. The highest BCUT2D eigenvalue weighted by Gasteiger charge is 2.32. The van der Waals surface area contributed by atoms with Crippen molar-refractivity contribution in [3.05, 3.63) is 0 Å². The summed E-state index contributed by atoms with van der Waals surface area (Å²) in [6, 6.07) is 0. The molecule has 2 aliphatic rings. The number of piperazine rings is 1. The van der Waals surface area contributed by atoms with Crippen LogP contribution in [0, 0.1) is 11.8 Å². The maximum absolute atomic E-state index is 12.1. The molecule has 2 aliphatic heterocycles. The lowest BCUT2D eigenvalue weighted by Gasteiger charge is -2.38. The van der Waals surface area contributed by atoms with Crippen LogP contribution in [-0.4, -0.2) is 62.0 Å². The largest absolute Gasteiger partial charge is 0.340 e. The fourth-order valence-electron chi connectivity index (χ4n) is 2.18. The minimum atomic E-state index is 0.203. The molecular formula is C11H21N3O. The highest BCUT2D eigenvalue weighted by Crippen LogP contribution is 2.19. The van der Waals surface area contributed by atoms with Crippen molar-refractivity contribution in [2.75, 3.05) is 46.3 Å². The summed E-state index contributed by atoms with van der Waals surface area (Å²) in [6.07, 6.45) is 0. The molecule has 4 nitrogen and oxygen atoms in total. The van der Waals surface area contributed by atoms with Gasteiger partial charge in [-0.15, -0.1) is 0 Å². The third-order valence-corrected chi connectivity index (χ3v) is 3.72. The van der Waals surface area contributed by atoms with E-state index in [2.05, 4.69) is 24.2 Å². The molecule has 0 spiro atoms. The van der Waals surface area contributed by atoms with E-state index in [0.29, 0.717) is 11.8 Å². The molecule has 1 amide bonds. The Hall–Kier alpha value is -0.610. The highest BCUT2D eigenvalue weighted by atomic mass is 16.2. The molecular weight excluding hydrogens is 190 g/mol. The summed E-state index contributed by atoms with van der Waals surface area (Å²) >= 11 is 0. The summed E-state index contributed by atoms with van der Waals surface area (Å²) in [5.41, 5.74) is 0. The first-order valence-electron chi connectivity index (χ1n) is 5.86. The standard InChI is InChI=1S/C11H21N3O/c1-9(10-7-12-8-10)11(15)14-5-3-13(2)4-6-14/h9-10,12H,3-8H2,1-2H3. The fraction of sp³-hybridized carbons (Fsp3) is 0.909. The zero-order valence-corrected chi connectivity index (χ0v) is 9.70. The van der Waals surface area contributed by atoms with Crippen LogP contribution in [0.2, 0.25) is 0 Å². The molecule has 2 saturated heterocycles. The Labute approximate surface area is 91.6 Å². The van der Waals surface area contributed by atoms with E-state index in [1.807, 2.05) is 4.90 Å². The van der Waals surface area contributed by atoms with Gasteiger partial charge in [-0.3, -0.25) is 4.79 Å². The van der Waals surface area contributed by atoms with Crippen LogP contribution in [0.1, 0.15) is 6.92 Å². The molecule has 4 heteroatoms. The third kappa shape index (κ3) is 2.32. The zero-order valence-electron chi connectivity index (χ0n) is 9.70. The van der Waals surface area contributed by atoms with E-state index in [9.17, 15) is 4.79 Å². The Morgan fingerprint density at radius 1 is 1.27 bits per heavy atom. The number of carbonyl (C=O) groups is 1. The maximum Gasteiger partial charge on any atom is 0.225 e. The normalized spacial score (nSPS) is 26.1. The van der Waals surface area contributed by atoms with Gasteiger partial charge in [0.1, 0.15) is 0 Å². The van der Waals surface area contributed by atoms with Crippen LogP contribution in [0.15, 0.2) is 0 Å². The summed E-state index contributed by atoms with van der Waals surface area (Å²) in [7, 11) is 2.11. The van der Waals surface area contributed by atoms with Gasteiger partial charge in [-0.25, -0.2) is 0 Å². The molecule has 2 heterocycles. The molecule has 0 aromatic carbocycles. The van der Waals surface area contributed by atoms with Crippen molar-refractivity contribution in [1.29, 1.82) is 0 Å². The number of nitrogens with zero attached hydrogens (tertiary/aromatic N) is 2. The summed E-state index contributed by atoms with van der Waals surface area (Å²) < 4.78 is 0. The summed E-state index contributed by atoms with van der Waals surface area (Å²) in [4.78, 5) is 16.4. The first kappa shape index (κ1) is 10.9. The van der Waals surface area contributed by atoms with Crippen LogP contribution in [0.3, 0.4) is 0 Å². The fourth-order valence-corrected chi connectivity index (χ4v) is 2.18. The van der Waals surface area contributed by atoms with E-state index in [1.54, 1.807) is 0 Å². The van der Waals surface area contributed by atoms with Gasteiger partial charge in [-0.05, 0) is 26.1 Å². The molecule has 1 N–H and O–H groups in total. The van der Waals surface area contributed by atoms with Crippen molar-refractivity contribution >= 4 is 5.91 Å². The number of hydrogen-bond donors (Lipinski definition) is 1. The average molecular weight is 211 g/mol. The molecule has 2 rings (SSSR count). The first-order valence-corrected chi connectivity index (χ1v) is 5.86. The molecule has 1 unspecified atom stereocenters. The second kappa shape index (κ2) is 4.49. The Morgan fingerprint density at radius 2 is 1.87 bits per heavy atom. The Bertz CT molecular complexity index is 232. The topological polar surface area (TPSA) is 35.6 Å². The smallest absolute Gasteiger partial charge is 0.225 e. The summed E-state index contributed by atoms with van der Waals surface area (Å²) in [5, 5.41) is 3.23. The number of likely N-dealkylation sites (N-methyl/N-ethyl adjacent to an activating group) is 1. The Kier molecular flexibility index (Phi) is 3.26. The Morgan fingerprint density at radius 3 is 2.33 bits per heavy atom. The van der Waals surface area contributed by atoms with Crippen LogP contribution in [0.25, 0.3) is 0 Å². The summed E-state index contributed by atoms with van der Waals surface area (Å²) in [5.74, 6) is 1.13. The molecule has 0 aliphatic carbocycles. The van der Waals surface area contributed by atoms with Crippen LogP contribution >= 0.6 is 0 Å². The van der Waals surface area contributed by atoms with Crippen LogP contribution in [0.5, 0.6) is 0 Å². The molecule has 1 atom stereocenters. The SMILES string of the molecule is CC(C(=O)N1CCN(C)CC1)C1CNC1. The van der Waals surface area contributed by atoms with Crippen LogP contribution in [0.4, 0.5) is 0 Å². The van der Waals surface area contributed by atoms with Gasteiger partial charge in [0.25, 0.3) is 0 Å². The van der Waals surface area contributed by atoms with Gasteiger partial charge in [-0.2, -0.15) is 0 Å². The van der Waals surface area contributed by atoms with Gasteiger partial charge in [0.05, 0.1) is 0 Å². The maximum atomic E-state index is 12.1. The van der Waals surface area contributed by atoms with E-state index in [1.165, 1.54) is 0 Å². The van der Waals surface area contributed by atoms with Gasteiger partial charge in [0.15, 0.2) is 0 Å². The van der Waals surface area contributed by atoms with Crippen LogP contribution < -0.4 is 5.32 Å². The predicted octanol–water partition coefficient (Wildman–Crippen LogP) is -0.384. The van der Waals surface area contributed by atoms with Gasteiger partial charge < -0.3 is 15.1 Å². The van der Waals surface area contributed by atoms with Crippen molar-refractivity contribution < 1.29 is 4.79 Å². The van der Waals surface area contributed by atoms with Gasteiger partial charge in [0, 0.05) is 32.1 Å². The lowest BCUT2D eigenvalue weighted by molar-refractivity contribution is -0.139. The molecule has 86 valence electrons. The molecule has 0 saturated carbocycles. The van der Waals surface area contributed by atoms with Crippen molar-refractivity contribution in [3.8, 4) is 0 Å². The van der Waals surface area contributed by atoms with Crippen molar-refractivity contribution in [3.63, 3.8) is 0 Å². The highest BCUT2D eigenvalue weighted by molar-refractivity contribution is 5.79.